The van der Waals surface area contributed by atoms with Gasteiger partial charge in [0.1, 0.15) is 0 Å². The smallest absolute Gasteiger partial charge is 0.0834 e. The molecule has 1 saturated carbocycles. The van der Waals surface area contributed by atoms with E-state index in [0.717, 1.165) is 19.1 Å². The minimum Gasteiger partial charge on any atom is -0.374 e. The van der Waals surface area contributed by atoms with Crippen molar-refractivity contribution < 1.29 is 4.74 Å². The van der Waals surface area contributed by atoms with Gasteiger partial charge in [-0.25, -0.2) is 0 Å². The number of rotatable bonds is 8. The lowest BCUT2D eigenvalue weighted by Gasteiger charge is -2.46. The normalized spacial score (nSPS) is 28.6. The second kappa shape index (κ2) is 8.53. The number of ether oxygens (including phenoxy) is 1. The first-order chi connectivity index (χ1) is 9.83. The molecule has 0 bridgehead atoms. The van der Waals surface area contributed by atoms with Gasteiger partial charge in [0, 0.05) is 12.6 Å². The van der Waals surface area contributed by atoms with Crippen molar-refractivity contribution in [3.8, 4) is 0 Å². The first-order valence-electron chi connectivity index (χ1n) is 9.20. The molecular weight excluding hydrogens is 258 g/mol. The van der Waals surface area contributed by atoms with Gasteiger partial charge in [-0.3, -0.25) is 0 Å². The molecule has 1 aliphatic carbocycles. The summed E-state index contributed by atoms with van der Waals surface area (Å²) in [5.41, 5.74) is 0.489. The highest BCUT2D eigenvalue weighted by atomic mass is 16.5. The number of hydrogen-bond donors (Lipinski definition) is 1. The maximum absolute atomic E-state index is 6.38. The predicted molar refractivity (Wildman–Crippen MR) is 92.8 cm³/mol. The van der Waals surface area contributed by atoms with Crippen LogP contribution in [0.4, 0.5) is 0 Å². The van der Waals surface area contributed by atoms with E-state index in [2.05, 4.69) is 46.9 Å². The second-order valence-electron chi connectivity index (χ2n) is 8.29. The highest BCUT2D eigenvalue weighted by molar-refractivity contribution is 4.97. The summed E-state index contributed by atoms with van der Waals surface area (Å²) < 4.78 is 6.38. The van der Waals surface area contributed by atoms with Crippen molar-refractivity contribution >= 4 is 0 Å². The van der Waals surface area contributed by atoms with Gasteiger partial charge in [-0.2, -0.15) is 0 Å². The van der Waals surface area contributed by atoms with Gasteiger partial charge in [0.2, 0.25) is 0 Å². The van der Waals surface area contributed by atoms with Crippen LogP contribution in [0.2, 0.25) is 0 Å². The summed E-state index contributed by atoms with van der Waals surface area (Å²) in [7, 11) is 0. The Morgan fingerprint density at radius 3 is 2.29 bits per heavy atom. The molecule has 1 rings (SSSR count). The molecule has 1 N–H and O–H groups in total. The molecule has 0 spiro atoms. The van der Waals surface area contributed by atoms with Crippen molar-refractivity contribution in [3.63, 3.8) is 0 Å². The lowest BCUT2D eigenvalue weighted by Crippen LogP contribution is -2.54. The van der Waals surface area contributed by atoms with Crippen molar-refractivity contribution in [2.75, 3.05) is 13.2 Å². The Hall–Kier alpha value is -0.0800. The molecule has 0 aliphatic heterocycles. The van der Waals surface area contributed by atoms with E-state index in [1.54, 1.807) is 0 Å². The van der Waals surface area contributed by atoms with Crippen LogP contribution in [0.15, 0.2) is 0 Å². The molecule has 0 amide bonds. The fourth-order valence-corrected chi connectivity index (χ4v) is 3.58. The number of hydrogen-bond acceptors (Lipinski definition) is 2. The summed E-state index contributed by atoms with van der Waals surface area (Å²) in [6.45, 7) is 15.8. The summed E-state index contributed by atoms with van der Waals surface area (Å²) in [4.78, 5) is 0. The topological polar surface area (TPSA) is 21.3 Å². The highest BCUT2D eigenvalue weighted by Crippen LogP contribution is 2.39. The Morgan fingerprint density at radius 1 is 1.19 bits per heavy atom. The van der Waals surface area contributed by atoms with Crippen LogP contribution in [0.1, 0.15) is 86.5 Å². The molecular formula is C19H39NO. The number of nitrogens with one attached hydrogen (secondary N) is 1. The highest BCUT2D eigenvalue weighted by Gasteiger charge is 2.41. The van der Waals surface area contributed by atoms with E-state index in [9.17, 15) is 0 Å². The molecule has 1 aliphatic rings. The molecule has 1 fully saturated rings. The summed E-state index contributed by atoms with van der Waals surface area (Å²) in [6.07, 6.45) is 8.79. The molecule has 2 heteroatoms. The van der Waals surface area contributed by atoms with Gasteiger partial charge >= 0.3 is 0 Å². The molecule has 0 heterocycles. The SMILES string of the molecule is CCCNC(CCC(C)(C)C)C1(OCC)CCC(C)CC1. The minimum absolute atomic E-state index is 0.0850. The van der Waals surface area contributed by atoms with Crippen LogP contribution < -0.4 is 5.32 Å². The summed E-state index contributed by atoms with van der Waals surface area (Å²) in [5, 5.41) is 3.83. The first kappa shape index (κ1) is 19.0. The van der Waals surface area contributed by atoms with Gasteiger partial charge in [0.25, 0.3) is 0 Å². The third-order valence-corrected chi connectivity index (χ3v) is 5.01. The van der Waals surface area contributed by atoms with Crippen molar-refractivity contribution in [2.24, 2.45) is 11.3 Å². The van der Waals surface area contributed by atoms with Crippen molar-refractivity contribution in [1.82, 2.24) is 5.32 Å². The molecule has 1 unspecified atom stereocenters. The van der Waals surface area contributed by atoms with E-state index >= 15 is 0 Å². The van der Waals surface area contributed by atoms with Crippen LogP contribution in [-0.2, 0) is 4.74 Å². The van der Waals surface area contributed by atoms with Crippen molar-refractivity contribution in [3.05, 3.63) is 0 Å². The monoisotopic (exact) mass is 297 g/mol. The zero-order valence-electron chi connectivity index (χ0n) is 15.4. The van der Waals surface area contributed by atoms with Gasteiger partial charge < -0.3 is 10.1 Å². The lowest BCUT2D eigenvalue weighted by molar-refractivity contribution is -0.0990. The minimum atomic E-state index is 0.0850. The van der Waals surface area contributed by atoms with E-state index in [-0.39, 0.29) is 5.60 Å². The van der Waals surface area contributed by atoms with E-state index in [1.165, 1.54) is 44.9 Å². The maximum atomic E-state index is 6.38. The molecule has 0 aromatic carbocycles. The maximum Gasteiger partial charge on any atom is 0.0834 e. The average molecular weight is 298 g/mol. The van der Waals surface area contributed by atoms with Crippen LogP contribution in [-0.4, -0.2) is 24.8 Å². The molecule has 0 saturated heterocycles. The van der Waals surface area contributed by atoms with Crippen molar-refractivity contribution in [2.45, 2.75) is 98.1 Å². The zero-order valence-corrected chi connectivity index (χ0v) is 15.4. The van der Waals surface area contributed by atoms with E-state index in [4.69, 9.17) is 4.74 Å². The van der Waals surface area contributed by atoms with Gasteiger partial charge in [-0.05, 0) is 69.7 Å². The van der Waals surface area contributed by atoms with Crippen LogP contribution in [0.5, 0.6) is 0 Å². The van der Waals surface area contributed by atoms with Crippen LogP contribution >= 0.6 is 0 Å². The molecule has 1 atom stereocenters. The van der Waals surface area contributed by atoms with Gasteiger partial charge in [0.15, 0.2) is 0 Å². The summed E-state index contributed by atoms with van der Waals surface area (Å²) in [5.74, 6) is 0.869. The molecule has 126 valence electrons. The Kier molecular flexibility index (Phi) is 7.70. The largest absolute Gasteiger partial charge is 0.374 e. The quantitative estimate of drug-likeness (QED) is 0.667. The lowest BCUT2D eigenvalue weighted by atomic mass is 9.73. The van der Waals surface area contributed by atoms with Crippen LogP contribution in [0.25, 0.3) is 0 Å². The summed E-state index contributed by atoms with van der Waals surface area (Å²) >= 11 is 0. The zero-order chi connectivity index (χ0) is 15.9. The van der Waals surface area contributed by atoms with Gasteiger partial charge in [0.05, 0.1) is 5.60 Å². The van der Waals surface area contributed by atoms with Gasteiger partial charge in [-0.15, -0.1) is 0 Å². The molecule has 21 heavy (non-hydrogen) atoms. The van der Waals surface area contributed by atoms with Crippen LogP contribution in [0, 0.1) is 11.3 Å². The Morgan fingerprint density at radius 2 is 1.81 bits per heavy atom. The average Bonchev–Trinajstić information content (AvgIpc) is 2.41. The van der Waals surface area contributed by atoms with E-state index in [1.807, 2.05) is 0 Å². The third kappa shape index (κ3) is 6.28. The Balaban J connectivity index is 2.78. The standard InChI is InChI=1S/C19H39NO/c1-7-15-20-17(11-12-18(4,5)6)19(21-8-2)13-9-16(3)10-14-19/h16-17,20H,7-15H2,1-6H3. The predicted octanol–water partition coefficient (Wildman–Crippen LogP) is 5.17. The third-order valence-electron chi connectivity index (χ3n) is 5.01. The molecule has 2 nitrogen and oxygen atoms in total. The Labute approximate surface area is 133 Å². The van der Waals surface area contributed by atoms with Crippen LogP contribution in [0.3, 0.4) is 0 Å². The molecule has 0 radical (unpaired) electrons. The summed E-state index contributed by atoms with van der Waals surface area (Å²) in [6, 6.07) is 0.518. The fraction of sp³-hybridized carbons (Fsp3) is 1.00. The molecule has 0 aromatic heterocycles. The van der Waals surface area contributed by atoms with Gasteiger partial charge in [-0.1, -0.05) is 34.6 Å². The Bertz CT molecular complexity index is 274. The first-order valence-corrected chi connectivity index (χ1v) is 9.20. The fourth-order valence-electron chi connectivity index (χ4n) is 3.58. The van der Waals surface area contributed by atoms with E-state index < -0.39 is 0 Å². The van der Waals surface area contributed by atoms with E-state index in [0.29, 0.717) is 11.5 Å². The van der Waals surface area contributed by atoms with Crippen molar-refractivity contribution in [1.29, 1.82) is 0 Å². The molecule has 0 aromatic rings. The second-order valence-corrected chi connectivity index (χ2v) is 8.29.